The second kappa shape index (κ2) is 6.16. The van der Waals surface area contributed by atoms with E-state index in [1.54, 1.807) is 7.11 Å². The van der Waals surface area contributed by atoms with Crippen LogP contribution in [0.25, 0.3) is 0 Å². The normalized spacial score (nSPS) is 14.6. The number of alkyl halides is 1. The molecular formula is C16H14BrClO3. The quantitative estimate of drug-likeness (QED) is 0.743. The molecule has 0 aliphatic carbocycles. The van der Waals surface area contributed by atoms with E-state index in [9.17, 15) is 0 Å². The first-order chi connectivity index (χ1) is 10.2. The lowest BCUT2D eigenvalue weighted by Gasteiger charge is -2.20. The molecule has 1 unspecified atom stereocenters. The molecule has 0 fully saturated rings. The van der Waals surface area contributed by atoms with Gasteiger partial charge in [-0.25, -0.2) is 0 Å². The summed E-state index contributed by atoms with van der Waals surface area (Å²) in [6.45, 7) is 1.15. The van der Waals surface area contributed by atoms with Gasteiger partial charge in [-0.2, -0.15) is 0 Å². The van der Waals surface area contributed by atoms with Crippen molar-refractivity contribution in [3.63, 3.8) is 0 Å². The Kier molecular flexibility index (Phi) is 4.27. The van der Waals surface area contributed by atoms with E-state index in [0.717, 1.165) is 32.8 Å². The van der Waals surface area contributed by atoms with E-state index in [2.05, 4.69) is 15.9 Å². The number of benzene rings is 2. The molecule has 110 valence electrons. The predicted molar refractivity (Wildman–Crippen MR) is 85.8 cm³/mol. The minimum Gasteiger partial charge on any atom is -0.496 e. The van der Waals surface area contributed by atoms with Crippen LogP contribution in [0.2, 0.25) is 0 Å². The Balaban J connectivity index is 1.91. The van der Waals surface area contributed by atoms with Crippen molar-refractivity contribution >= 4 is 27.5 Å². The molecule has 1 aliphatic rings. The summed E-state index contributed by atoms with van der Waals surface area (Å²) in [7, 11) is 1.64. The third kappa shape index (κ3) is 2.97. The molecule has 0 amide bonds. The van der Waals surface area contributed by atoms with E-state index >= 15 is 0 Å². The van der Waals surface area contributed by atoms with Crippen molar-refractivity contribution in [3.05, 3.63) is 52.0 Å². The number of rotatable bonds is 3. The average molecular weight is 370 g/mol. The van der Waals surface area contributed by atoms with Gasteiger partial charge in [0.15, 0.2) is 11.5 Å². The molecule has 0 radical (unpaired) electrons. The van der Waals surface area contributed by atoms with Crippen molar-refractivity contribution in [2.75, 3.05) is 20.3 Å². The summed E-state index contributed by atoms with van der Waals surface area (Å²) in [6, 6.07) is 11.6. The summed E-state index contributed by atoms with van der Waals surface area (Å²) < 4.78 is 17.2. The van der Waals surface area contributed by atoms with Crippen LogP contribution in [0.1, 0.15) is 16.5 Å². The van der Waals surface area contributed by atoms with Gasteiger partial charge in [0, 0.05) is 0 Å². The van der Waals surface area contributed by atoms with Crippen molar-refractivity contribution in [2.24, 2.45) is 0 Å². The SMILES string of the molecule is COc1ccc(C(Cl)c2ccc3c(c2)OCCO3)cc1Br. The molecule has 0 saturated carbocycles. The van der Waals surface area contributed by atoms with Gasteiger partial charge in [0.2, 0.25) is 0 Å². The molecule has 1 aliphatic heterocycles. The molecule has 3 rings (SSSR count). The summed E-state index contributed by atoms with van der Waals surface area (Å²) in [5, 5.41) is -0.261. The van der Waals surface area contributed by atoms with Crippen LogP contribution in [-0.2, 0) is 0 Å². The smallest absolute Gasteiger partial charge is 0.161 e. The highest BCUT2D eigenvalue weighted by atomic mass is 79.9. The van der Waals surface area contributed by atoms with Crippen molar-refractivity contribution in [1.29, 1.82) is 0 Å². The maximum Gasteiger partial charge on any atom is 0.161 e. The van der Waals surface area contributed by atoms with Crippen LogP contribution in [0.15, 0.2) is 40.9 Å². The molecule has 1 heterocycles. The van der Waals surface area contributed by atoms with Gasteiger partial charge in [-0.15, -0.1) is 11.6 Å². The second-order valence-corrected chi connectivity index (χ2v) is 5.95. The standard InChI is InChI=1S/C16H14BrClO3/c1-19-13-4-2-10(8-12(13)17)16(18)11-3-5-14-15(9-11)21-7-6-20-14/h2-5,8-9,16H,6-7H2,1H3. The van der Waals surface area contributed by atoms with E-state index in [1.165, 1.54) is 0 Å². The van der Waals surface area contributed by atoms with E-state index < -0.39 is 0 Å². The average Bonchev–Trinajstić information content (AvgIpc) is 2.53. The summed E-state index contributed by atoms with van der Waals surface area (Å²) in [5.41, 5.74) is 1.96. The summed E-state index contributed by atoms with van der Waals surface area (Å²) >= 11 is 10.1. The highest BCUT2D eigenvalue weighted by molar-refractivity contribution is 9.10. The van der Waals surface area contributed by atoms with E-state index in [1.807, 2.05) is 36.4 Å². The first-order valence-corrected chi connectivity index (χ1v) is 7.79. The van der Waals surface area contributed by atoms with Crippen molar-refractivity contribution in [2.45, 2.75) is 5.38 Å². The van der Waals surface area contributed by atoms with E-state index in [4.69, 9.17) is 25.8 Å². The van der Waals surface area contributed by atoms with Gasteiger partial charge < -0.3 is 14.2 Å². The summed E-state index contributed by atoms with van der Waals surface area (Å²) in [5.74, 6) is 2.30. The molecule has 5 heteroatoms. The Morgan fingerprint density at radius 3 is 2.43 bits per heavy atom. The number of halogens is 2. The van der Waals surface area contributed by atoms with Gasteiger partial charge in [0.05, 0.1) is 17.0 Å². The number of methoxy groups -OCH3 is 1. The molecule has 3 nitrogen and oxygen atoms in total. The van der Waals surface area contributed by atoms with Crippen molar-refractivity contribution in [3.8, 4) is 17.2 Å². The maximum absolute atomic E-state index is 6.58. The van der Waals surface area contributed by atoms with Crippen LogP contribution in [-0.4, -0.2) is 20.3 Å². The Morgan fingerprint density at radius 2 is 1.71 bits per heavy atom. The van der Waals surface area contributed by atoms with E-state index in [-0.39, 0.29) is 5.38 Å². The van der Waals surface area contributed by atoms with Gasteiger partial charge >= 0.3 is 0 Å². The molecular weight excluding hydrogens is 356 g/mol. The minimum atomic E-state index is -0.261. The lowest BCUT2D eigenvalue weighted by molar-refractivity contribution is 0.171. The molecule has 21 heavy (non-hydrogen) atoms. The maximum atomic E-state index is 6.58. The lowest BCUT2D eigenvalue weighted by Crippen LogP contribution is -2.15. The molecule has 0 aromatic heterocycles. The van der Waals surface area contributed by atoms with Gasteiger partial charge in [-0.05, 0) is 51.3 Å². The van der Waals surface area contributed by atoms with Gasteiger partial charge in [0.1, 0.15) is 19.0 Å². The van der Waals surface area contributed by atoms with Crippen LogP contribution in [0, 0.1) is 0 Å². The Morgan fingerprint density at radius 1 is 1.05 bits per heavy atom. The predicted octanol–water partition coefficient (Wildman–Crippen LogP) is 4.56. The molecule has 0 saturated heterocycles. The molecule has 0 N–H and O–H groups in total. The van der Waals surface area contributed by atoms with Gasteiger partial charge in [0.25, 0.3) is 0 Å². The number of hydrogen-bond acceptors (Lipinski definition) is 3. The van der Waals surface area contributed by atoms with Gasteiger partial charge in [-0.3, -0.25) is 0 Å². The van der Waals surface area contributed by atoms with Crippen molar-refractivity contribution < 1.29 is 14.2 Å². The number of fused-ring (bicyclic) bond motifs is 1. The zero-order chi connectivity index (χ0) is 14.8. The zero-order valence-electron chi connectivity index (χ0n) is 11.4. The molecule has 0 bridgehead atoms. The lowest BCUT2D eigenvalue weighted by atomic mass is 10.0. The topological polar surface area (TPSA) is 27.7 Å². The Labute approximate surface area is 136 Å². The van der Waals surface area contributed by atoms with Gasteiger partial charge in [-0.1, -0.05) is 12.1 Å². The number of ether oxygens (including phenoxy) is 3. The zero-order valence-corrected chi connectivity index (χ0v) is 13.8. The third-order valence-corrected chi connectivity index (χ3v) is 4.45. The largest absolute Gasteiger partial charge is 0.496 e. The first kappa shape index (κ1) is 14.5. The highest BCUT2D eigenvalue weighted by Crippen LogP contribution is 2.38. The number of hydrogen-bond donors (Lipinski definition) is 0. The van der Waals surface area contributed by atoms with Crippen LogP contribution < -0.4 is 14.2 Å². The van der Waals surface area contributed by atoms with Crippen LogP contribution in [0.4, 0.5) is 0 Å². The third-order valence-electron chi connectivity index (χ3n) is 3.33. The van der Waals surface area contributed by atoms with Crippen LogP contribution in [0.3, 0.4) is 0 Å². The molecule has 1 atom stereocenters. The fraction of sp³-hybridized carbons (Fsp3) is 0.250. The molecule has 0 spiro atoms. The summed E-state index contributed by atoms with van der Waals surface area (Å²) in [4.78, 5) is 0. The molecule has 2 aromatic rings. The minimum absolute atomic E-state index is 0.261. The van der Waals surface area contributed by atoms with Crippen molar-refractivity contribution in [1.82, 2.24) is 0 Å². The Bertz CT molecular complexity index is 660. The fourth-order valence-corrected chi connectivity index (χ4v) is 3.08. The van der Waals surface area contributed by atoms with Crippen LogP contribution >= 0.6 is 27.5 Å². The molecule has 2 aromatic carbocycles. The monoisotopic (exact) mass is 368 g/mol. The highest BCUT2D eigenvalue weighted by Gasteiger charge is 2.17. The first-order valence-electron chi connectivity index (χ1n) is 6.56. The second-order valence-electron chi connectivity index (χ2n) is 4.66. The van der Waals surface area contributed by atoms with E-state index in [0.29, 0.717) is 13.2 Å². The Hall–Kier alpha value is -1.39. The van der Waals surface area contributed by atoms with Crippen LogP contribution in [0.5, 0.6) is 17.2 Å². The fourth-order valence-electron chi connectivity index (χ4n) is 2.25. The summed E-state index contributed by atoms with van der Waals surface area (Å²) in [6.07, 6.45) is 0.